The van der Waals surface area contributed by atoms with Crippen molar-refractivity contribution in [1.29, 1.82) is 0 Å². The average molecular weight is 349 g/mol. The third kappa shape index (κ3) is 3.54. The lowest BCUT2D eigenvalue weighted by Gasteiger charge is -2.31. The van der Waals surface area contributed by atoms with Crippen LogP contribution in [-0.4, -0.2) is 44.0 Å². The third-order valence-corrected chi connectivity index (χ3v) is 6.09. The van der Waals surface area contributed by atoms with Crippen molar-refractivity contribution in [2.75, 3.05) is 20.2 Å². The first-order chi connectivity index (χ1) is 9.86. The minimum absolute atomic E-state index is 0.0703. The van der Waals surface area contributed by atoms with Crippen LogP contribution in [0.25, 0.3) is 0 Å². The average Bonchev–Trinajstić information content (AvgIpc) is 2.46. The molecule has 1 saturated heterocycles. The third-order valence-electron chi connectivity index (χ3n) is 3.51. The lowest BCUT2D eigenvalue weighted by molar-refractivity contribution is 0.0572. The number of rotatable bonds is 4. The van der Waals surface area contributed by atoms with Crippen LogP contribution in [0.5, 0.6) is 0 Å². The Kier molecular flexibility index (Phi) is 5.21. The molecule has 8 heteroatoms. The Morgan fingerprint density at radius 3 is 2.81 bits per heavy atom. The summed E-state index contributed by atoms with van der Waals surface area (Å²) < 4.78 is 32.0. The van der Waals surface area contributed by atoms with Crippen molar-refractivity contribution in [1.82, 2.24) is 4.31 Å². The molecule has 0 radical (unpaired) electrons. The quantitative estimate of drug-likeness (QED) is 0.839. The van der Waals surface area contributed by atoms with E-state index in [9.17, 15) is 8.42 Å². The molecule has 1 fully saturated rings. The van der Waals surface area contributed by atoms with Crippen LogP contribution in [0.3, 0.4) is 0 Å². The molecule has 116 valence electrons. The molecule has 0 amide bonds. The Balaban J connectivity index is 2.33. The first-order valence-electron chi connectivity index (χ1n) is 6.48. The van der Waals surface area contributed by atoms with Gasteiger partial charge in [0.15, 0.2) is 0 Å². The first-order valence-corrected chi connectivity index (χ1v) is 8.71. The maximum atomic E-state index is 12.7. The lowest BCUT2D eigenvalue weighted by atomic mass is 10.1. The molecule has 0 saturated carbocycles. The van der Waals surface area contributed by atoms with E-state index in [0.29, 0.717) is 18.7 Å². The van der Waals surface area contributed by atoms with Crippen LogP contribution in [0.1, 0.15) is 18.4 Å². The summed E-state index contributed by atoms with van der Waals surface area (Å²) in [5.41, 5.74) is 6.06. The lowest BCUT2D eigenvalue weighted by Crippen LogP contribution is -2.42. The summed E-state index contributed by atoms with van der Waals surface area (Å²) in [5.74, 6) is 0. The predicted molar refractivity (Wildman–Crippen MR) is 86.1 cm³/mol. The fourth-order valence-electron chi connectivity index (χ4n) is 2.32. The summed E-state index contributed by atoms with van der Waals surface area (Å²) in [5, 5.41) is 0.125. The van der Waals surface area contributed by atoms with Crippen molar-refractivity contribution in [3.05, 3.63) is 28.8 Å². The Morgan fingerprint density at radius 2 is 2.24 bits per heavy atom. The van der Waals surface area contributed by atoms with Crippen LogP contribution in [0.4, 0.5) is 0 Å². The standard InChI is InChI=1S/C13H17ClN2O3S2/c1-19-10-3-2-6-16(8-10)21(17,18)12-5-4-9(13(15)20)7-11(12)14/h4-5,7,10H,2-3,6,8H2,1H3,(H2,15,20). The molecular formula is C13H17ClN2O3S2. The molecule has 2 N–H and O–H groups in total. The molecule has 1 aromatic carbocycles. The fourth-order valence-corrected chi connectivity index (χ4v) is 4.47. The van der Waals surface area contributed by atoms with Crippen LogP contribution >= 0.6 is 23.8 Å². The molecule has 0 bridgehead atoms. The number of hydrogen-bond acceptors (Lipinski definition) is 4. The van der Waals surface area contributed by atoms with E-state index in [-0.39, 0.29) is 21.0 Å². The van der Waals surface area contributed by atoms with E-state index in [4.69, 9.17) is 34.3 Å². The SMILES string of the molecule is COC1CCCN(S(=O)(=O)c2ccc(C(N)=S)cc2Cl)C1. The van der Waals surface area contributed by atoms with Crippen molar-refractivity contribution in [3.8, 4) is 0 Å². The maximum Gasteiger partial charge on any atom is 0.244 e. The van der Waals surface area contributed by atoms with Crippen molar-refractivity contribution < 1.29 is 13.2 Å². The van der Waals surface area contributed by atoms with Gasteiger partial charge in [0.2, 0.25) is 10.0 Å². The van der Waals surface area contributed by atoms with E-state index in [2.05, 4.69) is 0 Å². The number of ether oxygens (including phenoxy) is 1. The Bertz CT molecular complexity index is 649. The minimum atomic E-state index is -3.64. The number of thiocarbonyl (C=S) groups is 1. The van der Waals surface area contributed by atoms with Gasteiger partial charge in [0, 0.05) is 25.8 Å². The van der Waals surface area contributed by atoms with Gasteiger partial charge in [0.05, 0.1) is 11.1 Å². The van der Waals surface area contributed by atoms with Crippen molar-refractivity contribution >= 4 is 38.8 Å². The molecule has 0 aliphatic carbocycles. The monoisotopic (exact) mass is 348 g/mol. The van der Waals surface area contributed by atoms with E-state index < -0.39 is 10.0 Å². The van der Waals surface area contributed by atoms with E-state index >= 15 is 0 Å². The van der Waals surface area contributed by atoms with Crippen LogP contribution in [0.2, 0.25) is 5.02 Å². The molecular weight excluding hydrogens is 332 g/mol. The smallest absolute Gasteiger partial charge is 0.244 e. The molecule has 1 aromatic rings. The van der Waals surface area contributed by atoms with Gasteiger partial charge < -0.3 is 10.5 Å². The van der Waals surface area contributed by atoms with E-state index in [1.165, 1.54) is 16.4 Å². The molecule has 1 aliphatic rings. The van der Waals surface area contributed by atoms with Crippen molar-refractivity contribution in [2.24, 2.45) is 5.73 Å². The highest BCUT2D eigenvalue weighted by Gasteiger charge is 2.31. The summed E-state index contributed by atoms with van der Waals surface area (Å²) >= 11 is 11.0. The van der Waals surface area contributed by atoms with Crippen LogP contribution < -0.4 is 5.73 Å². The van der Waals surface area contributed by atoms with E-state index in [1.807, 2.05) is 0 Å². The molecule has 2 rings (SSSR count). The maximum absolute atomic E-state index is 12.7. The van der Waals surface area contributed by atoms with Crippen molar-refractivity contribution in [3.63, 3.8) is 0 Å². The second-order valence-electron chi connectivity index (χ2n) is 4.87. The summed E-state index contributed by atoms with van der Waals surface area (Å²) in [6, 6.07) is 4.50. The Labute approximate surface area is 135 Å². The molecule has 1 aliphatic heterocycles. The van der Waals surface area contributed by atoms with Gasteiger partial charge in [-0.3, -0.25) is 0 Å². The molecule has 1 atom stereocenters. The molecule has 5 nitrogen and oxygen atoms in total. The number of piperidine rings is 1. The number of nitrogens with two attached hydrogens (primary N) is 1. The fraction of sp³-hybridized carbons (Fsp3) is 0.462. The minimum Gasteiger partial charge on any atom is -0.389 e. The highest BCUT2D eigenvalue weighted by Crippen LogP contribution is 2.28. The van der Waals surface area contributed by atoms with Gasteiger partial charge in [-0.15, -0.1) is 0 Å². The Morgan fingerprint density at radius 1 is 1.52 bits per heavy atom. The van der Waals surface area contributed by atoms with Gasteiger partial charge in [-0.05, 0) is 25.0 Å². The van der Waals surface area contributed by atoms with Gasteiger partial charge in [0.1, 0.15) is 9.88 Å². The van der Waals surface area contributed by atoms with E-state index in [0.717, 1.165) is 12.8 Å². The number of nitrogens with zero attached hydrogens (tertiary/aromatic N) is 1. The second-order valence-corrected chi connectivity index (χ2v) is 7.63. The normalized spacial score (nSPS) is 20.4. The number of benzene rings is 1. The van der Waals surface area contributed by atoms with Crippen LogP contribution in [0.15, 0.2) is 23.1 Å². The second kappa shape index (κ2) is 6.58. The van der Waals surface area contributed by atoms with Crippen molar-refractivity contribution in [2.45, 2.75) is 23.8 Å². The van der Waals surface area contributed by atoms with E-state index in [1.54, 1.807) is 13.2 Å². The highest BCUT2D eigenvalue weighted by molar-refractivity contribution is 7.89. The summed E-state index contributed by atoms with van der Waals surface area (Å²) in [7, 11) is -2.05. The van der Waals surface area contributed by atoms with Gasteiger partial charge >= 0.3 is 0 Å². The van der Waals surface area contributed by atoms with Gasteiger partial charge in [-0.2, -0.15) is 4.31 Å². The predicted octanol–water partition coefficient (Wildman–Crippen LogP) is 1.77. The molecule has 0 aromatic heterocycles. The topological polar surface area (TPSA) is 72.6 Å². The first kappa shape index (κ1) is 16.6. The zero-order valence-electron chi connectivity index (χ0n) is 11.6. The number of sulfonamides is 1. The summed E-state index contributed by atoms with van der Waals surface area (Å²) in [4.78, 5) is 0.249. The molecule has 1 heterocycles. The highest BCUT2D eigenvalue weighted by atomic mass is 35.5. The molecule has 1 unspecified atom stereocenters. The number of methoxy groups -OCH3 is 1. The molecule has 0 spiro atoms. The number of halogens is 1. The van der Waals surface area contributed by atoms with Gasteiger partial charge in [0.25, 0.3) is 0 Å². The zero-order chi connectivity index (χ0) is 15.6. The summed E-state index contributed by atoms with van der Waals surface area (Å²) in [6.07, 6.45) is 1.54. The van der Waals surface area contributed by atoms with Crippen LogP contribution in [-0.2, 0) is 14.8 Å². The largest absolute Gasteiger partial charge is 0.389 e. The Hall–Kier alpha value is -0.730. The number of hydrogen-bond donors (Lipinski definition) is 1. The van der Waals surface area contributed by atoms with Gasteiger partial charge in [-0.1, -0.05) is 29.9 Å². The summed E-state index contributed by atoms with van der Waals surface area (Å²) in [6.45, 7) is 0.807. The van der Waals surface area contributed by atoms with Crippen LogP contribution in [0, 0.1) is 0 Å². The van der Waals surface area contributed by atoms with Gasteiger partial charge in [-0.25, -0.2) is 8.42 Å². The molecule has 21 heavy (non-hydrogen) atoms. The zero-order valence-corrected chi connectivity index (χ0v) is 14.0.